The van der Waals surface area contributed by atoms with E-state index in [1.165, 1.54) is 18.2 Å². The molecule has 3 nitrogen and oxygen atoms in total. The van der Waals surface area contributed by atoms with Crippen molar-refractivity contribution in [3.63, 3.8) is 0 Å². The molecule has 2 aromatic carbocycles. The average molecular weight is 299 g/mol. The predicted octanol–water partition coefficient (Wildman–Crippen LogP) is 2.86. The summed E-state index contributed by atoms with van der Waals surface area (Å²) < 4.78 is 12.8. The Labute approximate surface area is 129 Å². The molecule has 0 heterocycles. The van der Waals surface area contributed by atoms with Crippen LogP contribution in [0.2, 0.25) is 0 Å². The minimum atomic E-state index is -0.311. The topological polar surface area (TPSA) is 40.5 Å². The summed E-state index contributed by atoms with van der Waals surface area (Å²) in [5, 5.41) is 9.12. The maximum atomic E-state index is 12.8. The number of rotatable bonds is 6. The minimum absolute atomic E-state index is 0.0943. The Bertz CT molecular complexity index is 623. The molecule has 0 aliphatic heterocycles. The Kier molecular flexibility index (Phi) is 5.86. The highest BCUT2D eigenvalue weighted by molar-refractivity contribution is 5.91. The molecule has 2 rings (SSSR count). The van der Waals surface area contributed by atoms with E-state index in [1.54, 1.807) is 23.1 Å². The number of aliphatic hydroxyl groups is 1. The number of hydrogen-bond acceptors (Lipinski definition) is 2. The summed E-state index contributed by atoms with van der Waals surface area (Å²) in [6.45, 7) is 0.610. The van der Waals surface area contributed by atoms with Gasteiger partial charge < -0.3 is 10.0 Å². The monoisotopic (exact) mass is 299 g/mol. The van der Waals surface area contributed by atoms with Gasteiger partial charge in [0.05, 0.1) is 6.61 Å². The van der Waals surface area contributed by atoms with Crippen molar-refractivity contribution in [3.8, 4) is 0 Å². The van der Waals surface area contributed by atoms with Crippen molar-refractivity contribution in [1.82, 2.24) is 4.90 Å². The molecule has 0 aliphatic rings. The van der Waals surface area contributed by atoms with Gasteiger partial charge in [0.2, 0.25) is 5.91 Å². The summed E-state index contributed by atoms with van der Waals surface area (Å²) in [6.07, 6.45) is 3.07. The van der Waals surface area contributed by atoms with Crippen molar-refractivity contribution in [2.75, 3.05) is 13.2 Å². The summed E-state index contributed by atoms with van der Waals surface area (Å²) in [5.41, 5.74) is 1.75. The highest BCUT2D eigenvalue weighted by atomic mass is 19.1. The third-order valence-corrected chi connectivity index (χ3v) is 3.19. The second-order valence-corrected chi connectivity index (χ2v) is 4.85. The fourth-order valence-corrected chi connectivity index (χ4v) is 2.04. The van der Waals surface area contributed by atoms with Crippen LogP contribution in [0.5, 0.6) is 0 Å². The zero-order chi connectivity index (χ0) is 15.8. The number of carbonyl (C=O) groups is 1. The largest absolute Gasteiger partial charge is 0.395 e. The van der Waals surface area contributed by atoms with E-state index in [0.717, 1.165) is 11.1 Å². The zero-order valence-electron chi connectivity index (χ0n) is 12.2. The molecule has 0 saturated carbocycles. The van der Waals surface area contributed by atoms with Gasteiger partial charge in [-0.15, -0.1) is 0 Å². The minimum Gasteiger partial charge on any atom is -0.395 e. The van der Waals surface area contributed by atoms with Gasteiger partial charge in [-0.25, -0.2) is 4.39 Å². The normalized spacial score (nSPS) is 10.8. The van der Waals surface area contributed by atoms with E-state index in [0.29, 0.717) is 6.54 Å². The van der Waals surface area contributed by atoms with E-state index in [2.05, 4.69) is 0 Å². The first-order valence-corrected chi connectivity index (χ1v) is 7.06. The smallest absolute Gasteiger partial charge is 0.246 e. The zero-order valence-corrected chi connectivity index (χ0v) is 12.2. The van der Waals surface area contributed by atoms with Crippen LogP contribution in [0.1, 0.15) is 11.1 Å². The Hall–Kier alpha value is -2.46. The van der Waals surface area contributed by atoms with Crippen LogP contribution < -0.4 is 0 Å². The highest BCUT2D eigenvalue weighted by Gasteiger charge is 2.10. The van der Waals surface area contributed by atoms with Gasteiger partial charge in [-0.1, -0.05) is 42.5 Å². The van der Waals surface area contributed by atoms with Crippen LogP contribution in [-0.2, 0) is 11.3 Å². The van der Waals surface area contributed by atoms with E-state index in [9.17, 15) is 9.18 Å². The first-order valence-electron chi connectivity index (χ1n) is 7.06. The summed E-state index contributed by atoms with van der Waals surface area (Å²) in [5.74, 6) is -0.503. The van der Waals surface area contributed by atoms with Crippen LogP contribution in [0, 0.1) is 5.82 Å². The van der Waals surface area contributed by atoms with Gasteiger partial charge in [0, 0.05) is 19.2 Å². The Morgan fingerprint density at radius 2 is 1.77 bits per heavy atom. The lowest BCUT2D eigenvalue weighted by Gasteiger charge is -2.20. The molecule has 0 aromatic heterocycles. The van der Waals surface area contributed by atoms with Crippen LogP contribution in [0.25, 0.3) is 6.08 Å². The second kappa shape index (κ2) is 8.10. The molecule has 1 amide bonds. The molecule has 114 valence electrons. The molecule has 0 radical (unpaired) electrons. The van der Waals surface area contributed by atoms with Gasteiger partial charge in [0.25, 0.3) is 0 Å². The van der Waals surface area contributed by atoms with E-state index in [4.69, 9.17) is 5.11 Å². The standard InChI is InChI=1S/C18H18FNO2/c19-17-9-6-15(7-10-17)8-11-18(22)20(12-13-21)14-16-4-2-1-3-5-16/h1-11,21H,12-14H2. The molecule has 2 aromatic rings. The maximum Gasteiger partial charge on any atom is 0.246 e. The van der Waals surface area contributed by atoms with Gasteiger partial charge in [0.15, 0.2) is 0 Å². The molecule has 0 unspecified atom stereocenters. The van der Waals surface area contributed by atoms with Crippen molar-refractivity contribution >= 4 is 12.0 Å². The maximum absolute atomic E-state index is 12.8. The first kappa shape index (κ1) is 15.9. The number of hydrogen-bond donors (Lipinski definition) is 1. The molecular formula is C18H18FNO2. The number of aliphatic hydroxyl groups excluding tert-OH is 1. The van der Waals surface area contributed by atoms with Crippen LogP contribution in [0.3, 0.4) is 0 Å². The quantitative estimate of drug-likeness (QED) is 0.833. The van der Waals surface area contributed by atoms with E-state index in [-0.39, 0.29) is 24.9 Å². The number of halogens is 1. The van der Waals surface area contributed by atoms with E-state index in [1.807, 2.05) is 30.3 Å². The highest BCUT2D eigenvalue weighted by Crippen LogP contribution is 2.08. The average Bonchev–Trinajstić information content (AvgIpc) is 2.54. The van der Waals surface area contributed by atoms with Gasteiger partial charge in [0.1, 0.15) is 5.82 Å². The summed E-state index contributed by atoms with van der Waals surface area (Å²) in [7, 11) is 0. The Balaban J connectivity index is 2.04. The van der Waals surface area contributed by atoms with Crippen molar-refractivity contribution in [3.05, 3.63) is 77.6 Å². The lowest BCUT2D eigenvalue weighted by atomic mass is 10.2. The number of carbonyl (C=O) groups excluding carboxylic acids is 1. The number of benzene rings is 2. The molecule has 0 fully saturated rings. The molecule has 4 heteroatoms. The van der Waals surface area contributed by atoms with E-state index < -0.39 is 0 Å². The molecule has 0 spiro atoms. The molecule has 1 N–H and O–H groups in total. The van der Waals surface area contributed by atoms with Crippen molar-refractivity contribution < 1.29 is 14.3 Å². The summed E-state index contributed by atoms with van der Waals surface area (Å²) in [4.78, 5) is 13.8. The van der Waals surface area contributed by atoms with Crippen molar-refractivity contribution in [2.24, 2.45) is 0 Å². The molecule has 22 heavy (non-hydrogen) atoms. The van der Waals surface area contributed by atoms with Crippen molar-refractivity contribution in [1.29, 1.82) is 0 Å². The van der Waals surface area contributed by atoms with Crippen LogP contribution in [-0.4, -0.2) is 29.1 Å². The molecule has 0 atom stereocenters. The summed E-state index contributed by atoms with van der Waals surface area (Å²) >= 11 is 0. The molecule has 0 saturated heterocycles. The van der Waals surface area contributed by atoms with Gasteiger partial charge >= 0.3 is 0 Å². The van der Waals surface area contributed by atoms with E-state index >= 15 is 0 Å². The van der Waals surface area contributed by atoms with Crippen LogP contribution >= 0.6 is 0 Å². The van der Waals surface area contributed by atoms with Gasteiger partial charge in [-0.05, 0) is 29.3 Å². The fraction of sp³-hybridized carbons (Fsp3) is 0.167. The lowest BCUT2D eigenvalue weighted by Crippen LogP contribution is -2.31. The van der Waals surface area contributed by atoms with Gasteiger partial charge in [-0.2, -0.15) is 0 Å². The summed E-state index contributed by atoms with van der Waals surface area (Å²) in [6, 6.07) is 15.5. The SMILES string of the molecule is O=C(C=Cc1ccc(F)cc1)N(CCO)Cc1ccccc1. The second-order valence-electron chi connectivity index (χ2n) is 4.85. The Morgan fingerprint density at radius 1 is 1.09 bits per heavy atom. The number of amides is 1. The number of nitrogens with zero attached hydrogens (tertiary/aromatic N) is 1. The van der Waals surface area contributed by atoms with Crippen LogP contribution in [0.15, 0.2) is 60.7 Å². The molecular weight excluding hydrogens is 281 g/mol. The predicted molar refractivity (Wildman–Crippen MR) is 84.4 cm³/mol. The molecule has 0 aliphatic carbocycles. The third kappa shape index (κ3) is 4.82. The first-order chi connectivity index (χ1) is 10.7. The lowest BCUT2D eigenvalue weighted by molar-refractivity contribution is -0.127. The van der Waals surface area contributed by atoms with Crippen LogP contribution in [0.4, 0.5) is 4.39 Å². The molecule has 0 bridgehead atoms. The fourth-order valence-electron chi connectivity index (χ4n) is 2.04. The van der Waals surface area contributed by atoms with Gasteiger partial charge in [-0.3, -0.25) is 4.79 Å². The van der Waals surface area contributed by atoms with Crippen molar-refractivity contribution in [2.45, 2.75) is 6.54 Å². The Morgan fingerprint density at radius 3 is 2.41 bits per heavy atom. The third-order valence-electron chi connectivity index (χ3n) is 3.19.